The Morgan fingerprint density at radius 3 is 3.00 bits per heavy atom. The topological polar surface area (TPSA) is 45.1 Å². The molecular weight excluding hydrogens is 152 g/mol. The molecule has 60 valence electrons. The Kier molecular flexibility index (Phi) is 1.64. The number of benzene rings is 1. The third kappa shape index (κ3) is 1.10. The van der Waals surface area contributed by atoms with E-state index in [4.69, 9.17) is 5.21 Å². The van der Waals surface area contributed by atoms with Gasteiger partial charge in [0.15, 0.2) is 0 Å². The number of hydrogen-bond acceptors (Lipinski definition) is 3. The lowest BCUT2D eigenvalue weighted by Crippen LogP contribution is -1.88. The van der Waals surface area contributed by atoms with Crippen LogP contribution in [0, 0.1) is 0 Å². The molecule has 0 saturated heterocycles. The van der Waals surface area contributed by atoms with E-state index in [0.717, 1.165) is 10.9 Å². The normalized spacial score (nSPS) is 10.1. The average molecular weight is 160 g/mol. The minimum Gasteiger partial charge on any atom is -0.291 e. The van der Waals surface area contributed by atoms with Crippen molar-refractivity contribution >= 4 is 16.6 Å². The predicted octanol–water partition coefficient (Wildman–Crippen LogP) is 2.04. The van der Waals surface area contributed by atoms with Gasteiger partial charge >= 0.3 is 0 Å². The van der Waals surface area contributed by atoms with Gasteiger partial charge in [-0.05, 0) is 18.2 Å². The summed E-state index contributed by atoms with van der Waals surface area (Å²) in [7, 11) is 0. The van der Waals surface area contributed by atoms with E-state index in [2.05, 4.69) is 10.5 Å². The van der Waals surface area contributed by atoms with Gasteiger partial charge in [-0.25, -0.2) is 0 Å². The lowest BCUT2D eigenvalue weighted by molar-refractivity contribution is 0.389. The molecule has 2 aromatic rings. The Morgan fingerprint density at radius 2 is 2.17 bits per heavy atom. The second-order valence-electron chi connectivity index (χ2n) is 2.52. The fourth-order valence-electron chi connectivity index (χ4n) is 1.14. The van der Waals surface area contributed by atoms with Crippen molar-refractivity contribution in [2.75, 3.05) is 5.48 Å². The highest BCUT2D eigenvalue weighted by Crippen LogP contribution is 2.15. The maximum atomic E-state index is 8.62. The third-order valence-electron chi connectivity index (χ3n) is 1.74. The first kappa shape index (κ1) is 7.06. The van der Waals surface area contributed by atoms with Gasteiger partial charge in [-0.1, -0.05) is 12.1 Å². The summed E-state index contributed by atoms with van der Waals surface area (Å²) in [5.41, 5.74) is 3.60. The molecule has 3 heteroatoms. The summed E-state index contributed by atoms with van der Waals surface area (Å²) in [5.74, 6) is 0. The third-order valence-corrected chi connectivity index (χ3v) is 1.74. The Bertz CT molecular complexity index is 400. The second-order valence-corrected chi connectivity index (χ2v) is 2.52. The van der Waals surface area contributed by atoms with E-state index < -0.39 is 0 Å². The van der Waals surface area contributed by atoms with Crippen LogP contribution in [0.5, 0.6) is 0 Å². The number of hydrogen-bond donors (Lipinski definition) is 2. The number of nitrogens with zero attached hydrogens (tertiary/aromatic N) is 1. The van der Waals surface area contributed by atoms with Crippen molar-refractivity contribution in [3.05, 3.63) is 36.5 Å². The molecule has 1 aromatic carbocycles. The van der Waals surface area contributed by atoms with Crippen LogP contribution in [0.3, 0.4) is 0 Å². The van der Waals surface area contributed by atoms with E-state index >= 15 is 0 Å². The molecule has 3 nitrogen and oxygen atoms in total. The number of fused-ring (bicyclic) bond motifs is 1. The molecule has 1 aromatic heterocycles. The molecule has 0 aliphatic carbocycles. The summed E-state index contributed by atoms with van der Waals surface area (Å²) in [6.07, 6.45) is 1.73. The molecule has 0 fully saturated rings. The van der Waals surface area contributed by atoms with Gasteiger partial charge in [0.05, 0.1) is 11.2 Å². The number of rotatable bonds is 1. The zero-order valence-electron chi connectivity index (χ0n) is 6.36. The van der Waals surface area contributed by atoms with Crippen molar-refractivity contribution in [2.24, 2.45) is 0 Å². The molecule has 0 amide bonds. The van der Waals surface area contributed by atoms with Crippen molar-refractivity contribution in [1.29, 1.82) is 0 Å². The first-order valence-electron chi connectivity index (χ1n) is 3.65. The number of anilines is 1. The van der Waals surface area contributed by atoms with Crippen molar-refractivity contribution in [1.82, 2.24) is 4.98 Å². The molecule has 2 rings (SSSR count). The van der Waals surface area contributed by atoms with Gasteiger partial charge < -0.3 is 0 Å². The molecule has 0 aliphatic rings. The van der Waals surface area contributed by atoms with Crippen molar-refractivity contribution in [3.63, 3.8) is 0 Å². The average Bonchev–Trinajstić information content (AvgIpc) is 2.17. The van der Waals surface area contributed by atoms with Crippen molar-refractivity contribution < 1.29 is 5.21 Å². The standard InChI is InChI=1S/C9H8N2O/c12-11-8-4-3-7-2-1-5-10-9(7)6-8/h1-6,11-12H. The monoisotopic (exact) mass is 160 g/mol. The fourth-order valence-corrected chi connectivity index (χ4v) is 1.14. The van der Waals surface area contributed by atoms with Crippen LogP contribution in [0.1, 0.15) is 0 Å². The lowest BCUT2D eigenvalue weighted by Gasteiger charge is -1.99. The van der Waals surface area contributed by atoms with Gasteiger partial charge in [0.1, 0.15) is 0 Å². The highest BCUT2D eigenvalue weighted by atomic mass is 16.5. The Hall–Kier alpha value is -1.61. The minimum atomic E-state index is 0.654. The second kappa shape index (κ2) is 2.79. The molecule has 2 N–H and O–H groups in total. The van der Waals surface area contributed by atoms with Gasteiger partial charge in [-0.2, -0.15) is 0 Å². The first-order chi connectivity index (χ1) is 5.90. The highest BCUT2D eigenvalue weighted by molar-refractivity contribution is 5.81. The smallest absolute Gasteiger partial charge is 0.0723 e. The largest absolute Gasteiger partial charge is 0.291 e. The zero-order valence-corrected chi connectivity index (χ0v) is 6.36. The van der Waals surface area contributed by atoms with Crippen molar-refractivity contribution in [3.8, 4) is 0 Å². The predicted molar refractivity (Wildman–Crippen MR) is 47.2 cm³/mol. The van der Waals surface area contributed by atoms with Crippen LogP contribution in [-0.2, 0) is 0 Å². The first-order valence-corrected chi connectivity index (χ1v) is 3.65. The zero-order chi connectivity index (χ0) is 8.39. The summed E-state index contributed by atoms with van der Waals surface area (Å²) in [6, 6.07) is 9.35. The van der Waals surface area contributed by atoms with Crippen molar-refractivity contribution in [2.45, 2.75) is 0 Å². The van der Waals surface area contributed by atoms with E-state index in [1.165, 1.54) is 0 Å². The molecule has 0 spiro atoms. The van der Waals surface area contributed by atoms with Crippen LogP contribution in [0.15, 0.2) is 36.5 Å². The van der Waals surface area contributed by atoms with E-state index in [1.54, 1.807) is 18.3 Å². The van der Waals surface area contributed by atoms with Crippen LogP contribution in [0.25, 0.3) is 10.9 Å². The van der Waals surface area contributed by atoms with Crippen LogP contribution in [0.4, 0.5) is 5.69 Å². The van der Waals surface area contributed by atoms with Gasteiger partial charge in [-0.3, -0.25) is 15.7 Å². The summed E-state index contributed by atoms with van der Waals surface area (Å²) in [4.78, 5) is 4.14. The van der Waals surface area contributed by atoms with Gasteiger partial charge in [0.25, 0.3) is 0 Å². The molecule has 12 heavy (non-hydrogen) atoms. The van der Waals surface area contributed by atoms with E-state index in [0.29, 0.717) is 5.69 Å². The molecule has 0 bridgehead atoms. The minimum absolute atomic E-state index is 0.654. The quantitative estimate of drug-likeness (QED) is 0.627. The molecular formula is C9H8N2O. The van der Waals surface area contributed by atoms with Crippen LogP contribution >= 0.6 is 0 Å². The van der Waals surface area contributed by atoms with E-state index in [9.17, 15) is 0 Å². The summed E-state index contributed by atoms with van der Waals surface area (Å²) < 4.78 is 0. The number of nitrogens with one attached hydrogen (secondary N) is 1. The van der Waals surface area contributed by atoms with E-state index in [1.807, 2.05) is 18.2 Å². The fraction of sp³-hybridized carbons (Fsp3) is 0. The lowest BCUT2D eigenvalue weighted by atomic mass is 10.2. The van der Waals surface area contributed by atoms with Gasteiger partial charge in [-0.15, -0.1) is 0 Å². The highest BCUT2D eigenvalue weighted by Gasteiger charge is 1.93. The summed E-state index contributed by atoms with van der Waals surface area (Å²) >= 11 is 0. The molecule has 0 radical (unpaired) electrons. The SMILES string of the molecule is ONc1ccc2cccnc2c1. The summed E-state index contributed by atoms with van der Waals surface area (Å²) in [5, 5.41) is 9.69. The van der Waals surface area contributed by atoms with Gasteiger partial charge in [0, 0.05) is 11.6 Å². The van der Waals surface area contributed by atoms with Gasteiger partial charge in [0.2, 0.25) is 0 Å². The van der Waals surface area contributed by atoms with Crippen LogP contribution < -0.4 is 5.48 Å². The van der Waals surface area contributed by atoms with Crippen LogP contribution in [0.2, 0.25) is 0 Å². The molecule has 0 unspecified atom stereocenters. The maximum absolute atomic E-state index is 8.62. The molecule has 0 aliphatic heterocycles. The van der Waals surface area contributed by atoms with Crippen LogP contribution in [-0.4, -0.2) is 10.2 Å². The molecule has 0 saturated carbocycles. The Morgan fingerprint density at radius 1 is 1.25 bits per heavy atom. The Balaban J connectivity index is 2.67. The number of pyridine rings is 1. The molecule has 1 heterocycles. The Labute approximate surface area is 69.6 Å². The number of aromatic nitrogens is 1. The maximum Gasteiger partial charge on any atom is 0.0723 e. The van der Waals surface area contributed by atoms with E-state index in [-0.39, 0.29) is 0 Å². The molecule has 0 atom stereocenters. The summed E-state index contributed by atoms with van der Waals surface area (Å²) in [6.45, 7) is 0.